The number of aliphatic hydroxyl groups is 1. The first-order valence-corrected chi connectivity index (χ1v) is 6.06. The van der Waals surface area contributed by atoms with E-state index in [4.69, 9.17) is 5.11 Å². The molecule has 0 aliphatic rings. The monoisotopic (exact) mass is 287 g/mol. The molecule has 0 aliphatic heterocycles. The predicted molar refractivity (Wildman–Crippen MR) is 74.7 cm³/mol. The molecule has 2 aromatic rings. The summed E-state index contributed by atoms with van der Waals surface area (Å²) >= 11 is 0. The van der Waals surface area contributed by atoms with Gasteiger partial charge in [0.2, 0.25) is 0 Å². The van der Waals surface area contributed by atoms with Crippen LogP contribution in [0.4, 0.5) is 14.5 Å². The van der Waals surface area contributed by atoms with Crippen LogP contribution in [0.5, 0.6) is 0 Å². The van der Waals surface area contributed by atoms with Crippen molar-refractivity contribution in [3.8, 4) is 11.8 Å². The molecule has 1 amide bonds. The zero-order valence-electron chi connectivity index (χ0n) is 10.9. The van der Waals surface area contributed by atoms with E-state index in [1.807, 2.05) is 0 Å². The molecule has 0 unspecified atom stereocenters. The van der Waals surface area contributed by atoms with Crippen molar-refractivity contribution in [1.29, 1.82) is 0 Å². The molecule has 0 aliphatic carbocycles. The van der Waals surface area contributed by atoms with E-state index < -0.39 is 24.1 Å². The van der Waals surface area contributed by atoms with Crippen molar-refractivity contribution in [2.45, 2.75) is 0 Å². The molecule has 0 saturated carbocycles. The molecule has 0 spiro atoms. The van der Waals surface area contributed by atoms with Crippen LogP contribution in [0.2, 0.25) is 0 Å². The third kappa shape index (κ3) is 3.88. The van der Waals surface area contributed by atoms with Gasteiger partial charge < -0.3 is 10.4 Å². The van der Waals surface area contributed by atoms with E-state index in [9.17, 15) is 13.6 Å². The highest BCUT2D eigenvalue weighted by Gasteiger charge is 2.11. The van der Waals surface area contributed by atoms with E-state index in [0.29, 0.717) is 5.69 Å². The molecule has 5 heteroatoms. The highest BCUT2D eigenvalue weighted by Crippen LogP contribution is 2.14. The fourth-order valence-corrected chi connectivity index (χ4v) is 1.68. The third-order valence-corrected chi connectivity index (χ3v) is 2.63. The largest absolute Gasteiger partial charge is 0.384 e. The molecule has 2 N–H and O–H groups in total. The lowest BCUT2D eigenvalue weighted by Crippen LogP contribution is -2.13. The van der Waals surface area contributed by atoms with Crippen LogP contribution in [0.25, 0.3) is 0 Å². The van der Waals surface area contributed by atoms with Crippen molar-refractivity contribution in [2.24, 2.45) is 0 Å². The Bertz CT molecular complexity index is 715. The lowest BCUT2D eigenvalue weighted by Gasteiger charge is -2.07. The summed E-state index contributed by atoms with van der Waals surface area (Å²) in [5.74, 6) is 3.45. The van der Waals surface area contributed by atoms with Gasteiger partial charge in [-0.25, -0.2) is 8.78 Å². The van der Waals surface area contributed by atoms with Gasteiger partial charge in [0.25, 0.3) is 5.91 Å². The van der Waals surface area contributed by atoms with Gasteiger partial charge in [-0.3, -0.25) is 4.79 Å². The van der Waals surface area contributed by atoms with E-state index in [1.54, 1.807) is 0 Å². The maximum absolute atomic E-state index is 13.2. The number of hydrogen-bond acceptors (Lipinski definition) is 2. The second kappa shape index (κ2) is 6.64. The lowest BCUT2D eigenvalue weighted by molar-refractivity contribution is 0.102. The number of anilines is 1. The van der Waals surface area contributed by atoms with E-state index in [1.165, 1.54) is 30.3 Å². The minimum absolute atomic E-state index is 0.168. The van der Waals surface area contributed by atoms with E-state index in [-0.39, 0.29) is 11.1 Å². The lowest BCUT2D eigenvalue weighted by atomic mass is 10.1. The molecule has 0 aromatic heterocycles. The van der Waals surface area contributed by atoms with Gasteiger partial charge in [0.1, 0.15) is 18.2 Å². The second-order valence-corrected chi connectivity index (χ2v) is 4.11. The summed E-state index contributed by atoms with van der Waals surface area (Å²) < 4.78 is 26.0. The minimum atomic E-state index is -0.532. The smallest absolute Gasteiger partial charge is 0.256 e. The van der Waals surface area contributed by atoms with Gasteiger partial charge in [-0.2, -0.15) is 0 Å². The van der Waals surface area contributed by atoms with Crippen molar-refractivity contribution < 1.29 is 18.7 Å². The Balaban J connectivity index is 2.28. The molecular formula is C16H11F2NO2. The zero-order chi connectivity index (χ0) is 15.2. The second-order valence-electron chi connectivity index (χ2n) is 4.11. The molecule has 2 aromatic carbocycles. The van der Waals surface area contributed by atoms with Crippen LogP contribution in [0.15, 0.2) is 42.5 Å². The van der Waals surface area contributed by atoms with Crippen molar-refractivity contribution in [2.75, 3.05) is 11.9 Å². The molecule has 0 atom stereocenters. The van der Waals surface area contributed by atoms with Crippen LogP contribution in [0, 0.1) is 23.5 Å². The van der Waals surface area contributed by atoms with Crippen molar-refractivity contribution in [1.82, 2.24) is 0 Å². The molecule has 0 heterocycles. The number of rotatable bonds is 2. The summed E-state index contributed by atoms with van der Waals surface area (Å²) in [5, 5.41) is 11.2. The fourth-order valence-electron chi connectivity index (χ4n) is 1.68. The highest BCUT2D eigenvalue weighted by molar-refractivity contribution is 6.06. The van der Waals surface area contributed by atoms with Crippen molar-refractivity contribution in [3.63, 3.8) is 0 Å². The zero-order valence-corrected chi connectivity index (χ0v) is 10.9. The number of amides is 1. The predicted octanol–water partition coefficient (Wildman–Crippen LogP) is 2.56. The van der Waals surface area contributed by atoms with Gasteiger partial charge in [-0.15, -0.1) is 0 Å². The number of halogens is 2. The number of carbonyl (C=O) groups is 1. The number of carbonyl (C=O) groups excluding carboxylic acids is 1. The normalized spacial score (nSPS) is 9.67. The fraction of sp³-hybridized carbons (Fsp3) is 0.0625. The molecule has 106 valence electrons. The summed E-state index contributed by atoms with van der Waals surface area (Å²) in [6.07, 6.45) is 0. The molecular weight excluding hydrogens is 276 g/mol. The summed E-state index contributed by atoms with van der Waals surface area (Å²) in [7, 11) is 0. The Morgan fingerprint density at radius 2 is 1.76 bits per heavy atom. The van der Waals surface area contributed by atoms with E-state index in [2.05, 4.69) is 17.2 Å². The SMILES string of the molecule is O=C(Nc1ccc(F)cc1)c1ccc(F)cc1C#CCO. The van der Waals surface area contributed by atoms with Crippen molar-refractivity contribution in [3.05, 3.63) is 65.2 Å². The van der Waals surface area contributed by atoms with Crippen LogP contribution in [0.3, 0.4) is 0 Å². The first kappa shape index (κ1) is 14.7. The van der Waals surface area contributed by atoms with E-state index in [0.717, 1.165) is 12.1 Å². The van der Waals surface area contributed by atoms with Crippen LogP contribution in [-0.4, -0.2) is 17.6 Å². The Morgan fingerprint density at radius 1 is 1.10 bits per heavy atom. The molecule has 2 rings (SSSR count). The Morgan fingerprint density at radius 3 is 2.43 bits per heavy atom. The summed E-state index contributed by atoms with van der Waals surface area (Å²) in [6.45, 7) is -0.393. The summed E-state index contributed by atoms with van der Waals surface area (Å²) in [4.78, 5) is 12.1. The average Bonchev–Trinajstić information content (AvgIpc) is 2.47. The number of benzene rings is 2. The van der Waals surface area contributed by atoms with Gasteiger partial charge >= 0.3 is 0 Å². The van der Waals surface area contributed by atoms with Gasteiger partial charge in [0.15, 0.2) is 0 Å². The molecule has 21 heavy (non-hydrogen) atoms. The number of hydrogen-bond donors (Lipinski definition) is 2. The van der Waals surface area contributed by atoms with Crippen LogP contribution >= 0.6 is 0 Å². The Labute approximate surface area is 120 Å². The topological polar surface area (TPSA) is 49.3 Å². The van der Waals surface area contributed by atoms with Crippen LogP contribution < -0.4 is 5.32 Å². The molecule has 0 fully saturated rings. The quantitative estimate of drug-likeness (QED) is 0.834. The van der Waals surface area contributed by atoms with Gasteiger partial charge in [-0.1, -0.05) is 11.8 Å². The molecule has 3 nitrogen and oxygen atoms in total. The maximum atomic E-state index is 13.2. The first-order valence-electron chi connectivity index (χ1n) is 6.06. The van der Waals surface area contributed by atoms with E-state index >= 15 is 0 Å². The molecule has 0 bridgehead atoms. The van der Waals surface area contributed by atoms with Gasteiger partial charge in [0.05, 0.1) is 5.56 Å². The van der Waals surface area contributed by atoms with Crippen LogP contribution in [0.1, 0.15) is 15.9 Å². The summed E-state index contributed by atoms with van der Waals surface area (Å²) in [6, 6.07) is 8.81. The van der Waals surface area contributed by atoms with Gasteiger partial charge in [-0.05, 0) is 42.5 Å². The van der Waals surface area contributed by atoms with Crippen molar-refractivity contribution >= 4 is 11.6 Å². The third-order valence-electron chi connectivity index (χ3n) is 2.63. The highest BCUT2D eigenvalue weighted by atomic mass is 19.1. The molecule has 0 radical (unpaired) electrons. The Kier molecular flexibility index (Phi) is 4.64. The number of aliphatic hydroxyl groups excluding tert-OH is 1. The summed E-state index contributed by atoms with van der Waals surface area (Å²) in [5.41, 5.74) is 0.747. The first-order chi connectivity index (χ1) is 10.1. The minimum Gasteiger partial charge on any atom is -0.384 e. The van der Waals surface area contributed by atoms with Crippen LogP contribution in [-0.2, 0) is 0 Å². The van der Waals surface area contributed by atoms with Gasteiger partial charge in [0, 0.05) is 11.3 Å². The Hall–Kier alpha value is -2.71. The maximum Gasteiger partial charge on any atom is 0.256 e. The number of nitrogens with one attached hydrogen (secondary N) is 1. The average molecular weight is 287 g/mol. The molecule has 0 saturated heterocycles. The standard InChI is InChI=1S/C16H11F2NO2/c17-12-3-6-14(7-4-12)19-16(21)15-8-5-13(18)10-11(15)2-1-9-20/h3-8,10,20H,9H2,(H,19,21).